The van der Waals surface area contributed by atoms with E-state index in [1.165, 1.54) is 5.57 Å². The average molecular weight is 1120 g/mol. The summed E-state index contributed by atoms with van der Waals surface area (Å²) in [6.07, 6.45) is -24.3. The number of hydrogen-bond acceptors (Lipinski definition) is 24. The Morgan fingerprint density at radius 1 is 0.474 bits per heavy atom. The van der Waals surface area contributed by atoms with Crippen LogP contribution in [0, 0.1) is 50.2 Å². The third-order valence-electron chi connectivity index (χ3n) is 21.6. The molecule has 15 N–H and O–H groups in total. The zero-order valence-corrected chi connectivity index (χ0v) is 45.8. The highest BCUT2D eigenvalue weighted by Crippen LogP contribution is 2.76. The molecule has 0 aromatic carbocycles. The molecular formula is C54H90O24. The topological polar surface area (TPSA) is 387 Å². The highest BCUT2D eigenvalue weighted by atomic mass is 17.2. The largest absolute Gasteiger partial charge is 0.394 e. The summed E-state index contributed by atoms with van der Waals surface area (Å²) in [5, 5.41) is 160. The summed E-state index contributed by atoms with van der Waals surface area (Å²) in [5.74, 6) is 0.0540. The van der Waals surface area contributed by atoms with Gasteiger partial charge in [0, 0.05) is 10.8 Å². The first-order valence-electron chi connectivity index (χ1n) is 28.1. The predicted octanol–water partition coefficient (Wildman–Crippen LogP) is -2.66. The van der Waals surface area contributed by atoms with Gasteiger partial charge in [-0.1, -0.05) is 60.1 Å². The van der Waals surface area contributed by atoms with Crippen LogP contribution in [-0.2, 0) is 42.9 Å². The molecule has 0 spiro atoms. The summed E-state index contributed by atoms with van der Waals surface area (Å²) >= 11 is 0. The van der Waals surface area contributed by atoms with Crippen molar-refractivity contribution in [2.45, 2.75) is 241 Å². The summed E-state index contributed by atoms with van der Waals surface area (Å²) in [4.78, 5) is 12.6. The number of fused-ring (bicyclic) bond motifs is 7. The molecule has 450 valence electrons. The van der Waals surface area contributed by atoms with Gasteiger partial charge in [-0.25, -0.2) is 9.78 Å². The van der Waals surface area contributed by atoms with E-state index >= 15 is 0 Å². The first kappa shape index (κ1) is 61.3. The molecule has 0 unspecified atom stereocenters. The number of hydrogen-bond donors (Lipinski definition) is 15. The molecule has 24 heteroatoms. The molecule has 9 aliphatic rings. The third-order valence-corrected chi connectivity index (χ3v) is 21.6. The summed E-state index contributed by atoms with van der Waals surface area (Å²) in [6.45, 7) is 13.2. The summed E-state index contributed by atoms with van der Waals surface area (Å²) < 4.78 is 40.6. The van der Waals surface area contributed by atoms with Gasteiger partial charge in [0.05, 0.1) is 45.2 Å². The SMILES string of the molecule is CC1(C)CC[C@]2(C)[C@@H](OO[C@@H]3O[C@H](CO[C@@H]4O[C@H](CO)[C@@H](O)[C@H](O)[C@H]4O)[C@@H](O)[C@H](O)[C@H]3O)C[C@]3(C)C(=CC[C@@H]4[C@@]5(C)CC[C@H](O)[C@@](C)(CO[C@@H]6O[C@H](CO[C@@H]7O[C@H](CO)[C@@H](O)[C@H](O)[C@H]7O)[C@@H](O)[C@H](O)[C@H]6O)[C@@H]5CC[C@]43C)[C@@H]2C1. The molecule has 24 nitrogen and oxygen atoms in total. The van der Waals surface area contributed by atoms with Crippen LogP contribution >= 0.6 is 0 Å². The lowest BCUT2D eigenvalue weighted by molar-refractivity contribution is -0.456. The van der Waals surface area contributed by atoms with Crippen LogP contribution in [0.25, 0.3) is 0 Å². The third kappa shape index (κ3) is 10.3. The minimum absolute atomic E-state index is 0.00438. The maximum Gasteiger partial charge on any atom is 0.220 e. The van der Waals surface area contributed by atoms with E-state index in [9.17, 15) is 76.6 Å². The van der Waals surface area contributed by atoms with Crippen molar-refractivity contribution < 1.29 is 120 Å². The zero-order valence-electron chi connectivity index (χ0n) is 45.8. The van der Waals surface area contributed by atoms with E-state index < -0.39 is 178 Å². The van der Waals surface area contributed by atoms with Crippen molar-refractivity contribution in [1.82, 2.24) is 0 Å². The van der Waals surface area contributed by atoms with Crippen LogP contribution in [0.3, 0.4) is 0 Å². The molecule has 9 rings (SSSR count). The summed E-state index contributed by atoms with van der Waals surface area (Å²) in [6, 6.07) is 0. The van der Waals surface area contributed by atoms with Crippen molar-refractivity contribution in [2.75, 3.05) is 33.0 Å². The Bertz CT molecular complexity index is 2090. The van der Waals surface area contributed by atoms with Crippen molar-refractivity contribution in [3.8, 4) is 0 Å². The predicted molar refractivity (Wildman–Crippen MR) is 265 cm³/mol. The van der Waals surface area contributed by atoms with Gasteiger partial charge in [-0.05, 0) is 97.2 Å². The fourth-order valence-corrected chi connectivity index (χ4v) is 16.2. The van der Waals surface area contributed by atoms with Crippen molar-refractivity contribution in [3.63, 3.8) is 0 Å². The van der Waals surface area contributed by atoms with Crippen molar-refractivity contribution in [2.24, 2.45) is 50.2 Å². The van der Waals surface area contributed by atoms with Gasteiger partial charge in [0.1, 0.15) is 97.7 Å². The number of ether oxygens (including phenoxy) is 7. The van der Waals surface area contributed by atoms with Gasteiger partial charge in [0.2, 0.25) is 6.29 Å². The number of aliphatic hydroxyl groups is 15. The first-order valence-corrected chi connectivity index (χ1v) is 28.1. The van der Waals surface area contributed by atoms with Gasteiger partial charge in [-0.15, -0.1) is 0 Å². The Hall–Kier alpha value is -1.22. The maximum absolute atomic E-state index is 12.0. The fourth-order valence-electron chi connectivity index (χ4n) is 16.2. The van der Waals surface area contributed by atoms with E-state index in [1.807, 2.05) is 6.92 Å². The van der Waals surface area contributed by atoms with Crippen LogP contribution in [-0.4, -0.2) is 245 Å². The molecule has 78 heavy (non-hydrogen) atoms. The Labute approximate surface area is 454 Å². The number of aliphatic hydroxyl groups excluding tert-OH is 15. The minimum Gasteiger partial charge on any atom is -0.394 e. The van der Waals surface area contributed by atoms with Crippen LogP contribution in [0.5, 0.6) is 0 Å². The Morgan fingerprint density at radius 3 is 1.47 bits per heavy atom. The van der Waals surface area contributed by atoms with Gasteiger partial charge in [0.25, 0.3) is 0 Å². The highest BCUT2D eigenvalue weighted by molar-refractivity contribution is 5.35. The summed E-state index contributed by atoms with van der Waals surface area (Å²) in [5.41, 5.74) is -1.11. The van der Waals surface area contributed by atoms with E-state index in [4.69, 9.17) is 42.9 Å². The molecule has 0 bridgehead atoms. The lowest BCUT2D eigenvalue weighted by Crippen LogP contribution is -2.67. The van der Waals surface area contributed by atoms with E-state index in [0.29, 0.717) is 25.7 Å². The van der Waals surface area contributed by atoms with E-state index in [0.717, 1.165) is 32.1 Å². The lowest BCUT2D eigenvalue weighted by atomic mass is 9.33. The normalized spacial score (nSPS) is 55.2. The van der Waals surface area contributed by atoms with Crippen LogP contribution in [0.1, 0.15) is 106 Å². The zero-order chi connectivity index (χ0) is 57.0. The quantitative estimate of drug-likeness (QED) is 0.0479. The number of rotatable bonds is 14. The molecule has 4 heterocycles. The second-order valence-electron chi connectivity index (χ2n) is 26.6. The summed E-state index contributed by atoms with van der Waals surface area (Å²) in [7, 11) is 0. The molecule has 4 saturated carbocycles. The molecule has 0 amide bonds. The fraction of sp³-hybridized carbons (Fsp3) is 0.963. The van der Waals surface area contributed by atoms with Crippen molar-refractivity contribution >= 4 is 0 Å². The standard InChI is InChI=1S/C54H90O24/c1-49(2)14-15-50(3)24(16-49)23-8-9-30-51(4)12-11-31(57)52(5,22-72-47-43(68)39(64)35(60)27(75-47)20-70-45-41(66)37(62)33(58)25(18-55)73-45)29(51)10-13-53(30,6)54(23,7)17-32(50)77-78-48-44(69)40(65)36(61)28(76-48)21-71-46-42(67)38(63)34(59)26(19-56)74-46/h8,24-48,55-69H,9-22H2,1-7H3/t24-,25+,26+,27+,28+,29+,30+,31-,32-,33+,34+,35+,36+,37-,38-,39-,40-,41+,42+,43+,44+,45+,46+,47+,48-,50-,51-,52-,53+,54+/m0/s1. The van der Waals surface area contributed by atoms with E-state index in [1.54, 1.807) is 0 Å². The molecule has 8 fully saturated rings. The van der Waals surface area contributed by atoms with Crippen molar-refractivity contribution in [3.05, 3.63) is 11.6 Å². The van der Waals surface area contributed by atoms with Crippen LogP contribution < -0.4 is 0 Å². The minimum atomic E-state index is -1.78. The van der Waals surface area contributed by atoms with Gasteiger partial charge in [-0.2, -0.15) is 0 Å². The maximum atomic E-state index is 12.0. The lowest BCUT2D eigenvalue weighted by Gasteiger charge is -2.72. The highest BCUT2D eigenvalue weighted by Gasteiger charge is 2.70. The Balaban J connectivity index is 0.913. The van der Waals surface area contributed by atoms with E-state index in [-0.39, 0.29) is 40.6 Å². The molecule has 0 aromatic heterocycles. The van der Waals surface area contributed by atoms with E-state index in [2.05, 4.69) is 47.6 Å². The first-order chi connectivity index (χ1) is 36.5. The smallest absolute Gasteiger partial charge is 0.220 e. The average Bonchev–Trinajstić information content (AvgIpc) is 3.40. The van der Waals surface area contributed by atoms with Crippen LogP contribution in [0.2, 0.25) is 0 Å². The van der Waals surface area contributed by atoms with Crippen LogP contribution in [0.4, 0.5) is 0 Å². The van der Waals surface area contributed by atoms with Gasteiger partial charge < -0.3 is 110 Å². The molecular weight excluding hydrogens is 1030 g/mol. The van der Waals surface area contributed by atoms with Crippen molar-refractivity contribution in [1.29, 1.82) is 0 Å². The molecule has 0 radical (unpaired) electrons. The number of allylic oxidation sites excluding steroid dienone is 2. The second-order valence-corrected chi connectivity index (χ2v) is 26.6. The Morgan fingerprint density at radius 2 is 0.949 bits per heavy atom. The van der Waals surface area contributed by atoms with Gasteiger partial charge >= 0.3 is 0 Å². The second kappa shape index (κ2) is 22.7. The van der Waals surface area contributed by atoms with Crippen LogP contribution in [0.15, 0.2) is 11.6 Å². The van der Waals surface area contributed by atoms with Gasteiger partial charge in [0.15, 0.2) is 18.9 Å². The molecule has 0 aromatic rings. The molecule has 4 aliphatic heterocycles. The monoisotopic (exact) mass is 1120 g/mol. The Kier molecular flexibility index (Phi) is 17.8. The molecule has 30 atom stereocenters. The van der Waals surface area contributed by atoms with Gasteiger partial charge in [-0.3, -0.25) is 0 Å². The molecule has 5 aliphatic carbocycles. The molecule has 4 saturated heterocycles.